The van der Waals surface area contributed by atoms with Crippen molar-refractivity contribution in [2.75, 3.05) is 23.5 Å². The third-order valence-electron chi connectivity index (χ3n) is 6.91. The molecule has 3 aromatic rings. The van der Waals surface area contributed by atoms with Crippen molar-refractivity contribution in [1.29, 1.82) is 0 Å². The van der Waals surface area contributed by atoms with Crippen LogP contribution >= 0.6 is 23.1 Å². The molecule has 0 radical (unpaired) electrons. The predicted molar refractivity (Wildman–Crippen MR) is 156 cm³/mol. The number of thioether (sulfide) groups is 1. The number of ether oxygens (including phenoxy) is 1. The maximum absolute atomic E-state index is 12.9. The summed E-state index contributed by atoms with van der Waals surface area (Å²) in [5, 5.41) is 6.45. The Morgan fingerprint density at radius 1 is 1.08 bits per heavy atom. The molecule has 2 amide bonds. The number of hydrogen-bond donors (Lipinski definition) is 2. The first-order valence-corrected chi connectivity index (χ1v) is 14.5. The zero-order valence-electron chi connectivity index (χ0n) is 22.5. The Morgan fingerprint density at radius 3 is 2.50 bits per heavy atom. The summed E-state index contributed by atoms with van der Waals surface area (Å²) in [7, 11) is 1.37. The van der Waals surface area contributed by atoms with Crippen LogP contribution in [0.25, 0.3) is 0 Å². The molecule has 2 N–H and O–H groups in total. The first-order chi connectivity index (χ1) is 18.0. The highest BCUT2D eigenvalue weighted by Crippen LogP contribution is 2.44. The number of hydrogen-bond acceptors (Lipinski definition) is 6. The van der Waals surface area contributed by atoms with E-state index in [2.05, 4.69) is 31.4 Å². The number of esters is 1. The summed E-state index contributed by atoms with van der Waals surface area (Å²) >= 11 is 2.86. The lowest BCUT2D eigenvalue weighted by atomic mass is 9.72. The van der Waals surface area contributed by atoms with E-state index >= 15 is 0 Å². The van der Waals surface area contributed by atoms with Gasteiger partial charge < -0.3 is 15.4 Å². The van der Waals surface area contributed by atoms with Crippen LogP contribution in [0.3, 0.4) is 0 Å². The monoisotopic (exact) mass is 550 g/mol. The van der Waals surface area contributed by atoms with Gasteiger partial charge in [-0.05, 0) is 73.4 Å². The molecule has 1 aliphatic rings. The maximum Gasteiger partial charge on any atom is 0.341 e. The number of nitrogens with one attached hydrogen (secondary N) is 2. The number of fused-ring (bicyclic) bond motifs is 1. The molecule has 6 nitrogen and oxygen atoms in total. The van der Waals surface area contributed by atoms with E-state index in [4.69, 9.17) is 4.74 Å². The van der Waals surface area contributed by atoms with Crippen LogP contribution in [-0.4, -0.2) is 30.6 Å². The van der Waals surface area contributed by atoms with Gasteiger partial charge in [-0.25, -0.2) is 4.79 Å². The molecule has 1 atom stereocenters. The lowest BCUT2D eigenvalue weighted by Gasteiger charge is -2.33. The van der Waals surface area contributed by atoms with Crippen molar-refractivity contribution in [2.45, 2.75) is 51.9 Å². The number of rotatable bonds is 7. The summed E-state index contributed by atoms with van der Waals surface area (Å²) in [6.07, 6.45) is 2.72. The minimum Gasteiger partial charge on any atom is -0.465 e. The number of amides is 2. The zero-order chi connectivity index (χ0) is 27.4. The summed E-state index contributed by atoms with van der Waals surface area (Å²) in [6.45, 7) is 8.73. The fourth-order valence-corrected chi connectivity index (χ4v) is 6.70. The number of benzene rings is 2. The molecule has 200 valence electrons. The van der Waals surface area contributed by atoms with Gasteiger partial charge >= 0.3 is 5.97 Å². The molecule has 0 aliphatic heterocycles. The Labute approximate surface area is 232 Å². The minimum absolute atomic E-state index is 0.170. The van der Waals surface area contributed by atoms with E-state index in [9.17, 15) is 14.4 Å². The van der Waals surface area contributed by atoms with Crippen LogP contribution in [0.2, 0.25) is 0 Å². The summed E-state index contributed by atoms with van der Waals surface area (Å²) in [6, 6.07) is 14.8. The molecule has 1 unspecified atom stereocenters. The van der Waals surface area contributed by atoms with E-state index in [0.29, 0.717) is 27.7 Å². The summed E-state index contributed by atoms with van der Waals surface area (Å²) in [4.78, 5) is 40.1. The average Bonchev–Trinajstić information content (AvgIpc) is 3.24. The Morgan fingerprint density at radius 2 is 1.82 bits per heavy atom. The largest absolute Gasteiger partial charge is 0.465 e. The molecule has 0 spiro atoms. The quantitative estimate of drug-likeness (QED) is 0.245. The number of methoxy groups -OCH3 is 1. The number of anilines is 2. The van der Waals surface area contributed by atoms with E-state index in [1.807, 2.05) is 43.3 Å². The highest BCUT2D eigenvalue weighted by molar-refractivity contribution is 8.00. The number of carbonyl (C=O) groups is 3. The molecule has 0 bridgehead atoms. The van der Waals surface area contributed by atoms with Crippen LogP contribution < -0.4 is 10.6 Å². The van der Waals surface area contributed by atoms with Gasteiger partial charge in [-0.3, -0.25) is 9.59 Å². The van der Waals surface area contributed by atoms with Crippen molar-refractivity contribution in [3.63, 3.8) is 0 Å². The SMILES string of the molecule is COC(=O)c1c(NC(=O)CSc2cccc(NC(=O)c3ccc(C)cc3)c2)sc2c1CCC(C(C)(C)C)C2. The average molecular weight is 551 g/mol. The molecular weight excluding hydrogens is 516 g/mol. The summed E-state index contributed by atoms with van der Waals surface area (Å²) in [5.74, 6) is -0.0899. The van der Waals surface area contributed by atoms with Crippen molar-refractivity contribution >= 4 is 51.6 Å². The Kier molecular flexibility index (Phi) is 8.63. The Balaban J connectivity index is 1.41. The lowest BCUT2D eigenvalue weighted by molar-refractivity contribution is -0.113. The number of aryl methyl sites for hydroxylation is 1. The van der Waals surface area contributed by atoms with Crippen molar-refractivity contribution in [3.05, 3.63) is 75.7 Å². The van der Waals surface area contributed by atoms with E-state index in [1.54, 1.807) is 12.1 Å². The third-order valence-corrected chi connectivity index (χ3v) is 9.07. The fourth-order valence-electron chi connectivity index (χ4n) is 4.61. The molecule has 2 aromatic carbocycles. The molecule has 0 saturated carbocycles. The van der Waals surface area contributed by atoms with E-state index in [-0.39, 0.29) is 23.0 Å². The molecule has 0 saturated heterocycles. The van der Waals surface area contributed by atoms with E-state index < -0.39 is 5.97 Å². The molecule has 4 rings (SSSR count). The first-order valence-electron chi connectivity index (χ1n) is 12.7. The Bertz CT molecular complexity index is 1340. The van der Waals surface area contributed by atoms with Gasteiger partial charge in [-0.2, -0.15) is 0 Å². The van der Waals surface area contributed by atoms with Crippen molar-refractivity contribution in [1.82, 2.24) is 0 Å². The third kappa shape index (κ3) is 6.66. The predicted octanol–water partition coefficient (Wildman–Crippen LogP) is 6.98. The van der Waals surface area contributed by atoms with Crippen molar-refractivity contribution in [3.8, 4) is 0 Å². The van der Waals surface area contributed by atoms with Gasteiger partial charge in [0.25, 0.3) is 5.91 Å². The van der Waals surface area contributed by atoms with Crippen LogP contribution in [0.4, 0.5) is 10.7 Å². The Hall–Kier alpha value is -3.10. The van der Waals surface area contributed by atoms with Crippen LogP contribution in [0.1, 0.15) is 63.9 Å². The molecular formula is C30H34N2O4S2. The second-order valence-corrected chi connectivity index (χ2v) is 12.8. The maximum atomic E-state index is 12.9. The molecule has 38 heavy (non-hydrogen) atoms. The number of carbonyl (C=O) groups excluding carboxylic acids is 3. The molecule has 1 heterocycles. The van der Waals surface area contributed by atoms with Gasteiger partial charge in [0.2, 0.25) is 5.91 Å². The normalized spacial score (nSPS) is 14.9. The van der Waals surface area contributed by atoms with E-state index in [0.717, 1.165) is 40.2 Å². The van der Waals surface area contributed by atoms with Gasteiger partial charge in [0, 0.05) is 21.0 Å². The van der Waals surface area contributed by atoms with E-state index in [1.165, 1.54) is 30.2 Å². The van der Waals surface area contributed by atoms with Gasteiger partial charge in [0.05, 0.1) is 18.4 Å². The minimum atomic E-state index is -0.406. The highest BCUT2D eigenvalue weighted by Gasteiger charge is 2.34. The van der Waals surface area contributed by atoms with Crippen LogP contribution in [0.15, 0.2) is 53.4 Å². The molecule has 8 heteroatoms. The van der Waals surface area contributed by atoms with Gasteiger partial charge in [-0.1, -0.05) is 44.5 Å². The first kappa shape index (κ1) is 27.9. The second-order valence-electron chi connectivity index (χ2n) is 10.7. The van der Waals surface area contributed by atoms with Crippen LogP contribution in [0, 0.1) is 18.3 Å². The van der Waals surface area contributed by atoms with Gasteiger partial charge in [0.15, 0.2) is 0 Å². The van der Waals surface area contributed by atoms with Crippen molar-refractivity contribution in [2.24, 2.45) is 11.3 Å². The molecule has 1 aromatic heterocycles. The molecule has 1 aliphatic carbocycles. The highest BCUT2D eigenvalue weighted by atomic mass is 32.2. The van der Waals surface area contributed by atoms with Crippen LogP contribution in [-0.2, 0) is 22.4 Å². The van der Waals surface area contributed by atoms with Gasteiger partial charge in [-0.15, -0.1) is 23.1 Å². The summed E-state index contributed by atoms with van der Waals surface area (Å²) < 4.78 is 5.07. The summed E-state index contributed by atoms with van der Waals surface area (Å²) in [5.41, 5.74) is 4.03. The zero-order valence-corrected chi connectivity index (χ0v) is 24.1. The van der Waals surface area contributed by atoms with Crippen LogP contribution in [0.5, 0.6) is 0 Å². The smallest absolute Gasteiger partial charge is 0.341 e. The van der Waals surface area contributed by atoms with Crippen molar-refractivity contribution < 1.29 is 19.1 Å². The number of thiophene rings is 1. The topological polar surface area (TPSA) is 84.5 Å². The lowest BCUT2D eigenvalue weighted by Crippen LogP contribution is -2.26. The van der Waals surface area contributed by atoms with Gasteiger partial charge in [0.1, 0.15) is 5.00 Å². The standard InChI is InChI=1S/C30H34N2O4S2/c1-18-9-11-19(12-10-18)27(34)31-21-7-6-8-22(16-21)37-17-25(33)32-28-26(29(35)36-5)23-14-13-20(30(2,3)4)15-24(23)38-28/h6-12,16,20H,13-15,17H2,1-5H3,(H,31,34)(H,32,33). The fraction of sp³-hybridized carbons (Fsp3) is 0.367. The second kappa shape index (κ2) is 11.7. The molecule has 0 fully saturated rings.